The molecule has 5 heteroatoms. The van der Waals surface area contributed by atoms with Crippen LogP contribution in [0.5, 0.6) is 11.5 Å². The van der Waals surface area contributed by atoms with Gasteiger partial charge in [0.05, 0.1) is 5.92 Å². The van der Waals surface area contributed by atoms with E-state index in [1.807, 2.05) is 54.6 Å². The van der Waals surface area contributed by atoms with Crippen molar-refractivity contribution in [2.45, 2.75) is 12.3 Å². The molecule has 144 valence electrons. The standard InChI is InChI=1S/C23H21FO4/c24-19-10-12-20(13-11-19)27-14-15-28-22-9-5-4-8-18(22)16-21(23(25)26)17-6-2-1-3-7-17/h1-13,21H,14-16H2,(H,25,26). The summed E-state index contributed by atoms with van der Waals surface area (Å²) in [4.78, 5) is 11.8. The minimum absolute atomic E-state index is 0.289. The Labute approximate surface area is 163 Å². The minimum atomic E-state index is -0.874. The van der Waals surface area contributed by atoms with E-state index in [4.69, 9.17) is 9.47 Å². The zero-order valence-electron chi connectivity index (χ0n) is 15.3. The number of carbonyl (C=O) groups is 1. The Balaban J connectivity index is 1.62. The Morgan fingerprint density at radius 1 is 0.857 bits per heavy atom. The van der Waals surface area contributed by atoms with Crippen molar-refractivity contribution in [2.75, 3.05) is 13.2 Å². The van der Waals surface area contributed by atoms with Crippen molar-refractivity contribution in [3.63, 3.8) is 0 Å². The van der Waals surface area contributed by atoms with Gasteiger partial charge >= 0.3 is 5.97 Å². The van der Waals surface area contributed by atoms with Gasteiger partial charge in [0.2, 0.25) is 0 Å². The molecule has 28 heavy (non-hydrogen) atoms. The molecule has 0 heterocycles. The number of aliphatic carboxylic acids is 1. The number of halogens is 1. The van der Waals surface area contributed by atoms with Crippen molar-refractivity contribution >= 4 is 5.97 Å². The molecule has 3 aromatic rings. The summed E-state index contributed by atoms with van der Waals surface area (Å²) < 4.78 is 24.2. The van der Waals surface area contributed by atoms with Crippen LogP contribution in [0.2, 0.25) is 0 Å². The highest BCUT2D eigenvalue weighted by atomic mass is 19.1. The van der Waals surface area contributed by atoms with E-state index in [9.17, 15) is 14.3 Å². The third kappa shape index (κ3) is 5.33. The first-order valence-corrected chi connectivity index (χ1v) is 9.00. The van der Waals surface area contributed by atoms with Gasteiger partial charge in [-0.15, -0.1) is 0 Å². The van der Waals surface area contributed by atoms with Crippen molar-refractivity contribution < 1.29 is 23.8 Å². The van der Waals surface area contributed by atoms with Crippen molar-refractivity contribution in [1.29, 1.82) is 0 Å². The van der Waals surface area contributed by atoms with Gasteiger partial charge < -0.3 is 14.6 Å². The Bertz CT molecular complexity index is 894. The van der Waals surface area contributed by atoms with E-state index in [1.54, 1.807) is 12.1 Å². The number of carboxylic acids is 1. The molecule has 0 aliphatic rings. The Kier molecular flexibility index (Phi) is 6.63. The van der Waals surface area contributed by atoms with Crippen LogP contribution in [0.4, 0.5) is 4.39 Å². The van der Waals surface area contributed by atoms with E-state index in [0.29, 0.717) is 24.5 Å². The average molecular weight is 380 g/mol. The van der Waals surface area contributed by atoms with Gasteiger partial charge in [0.15, 0.2) is 0 Å². The first-order valence-electron chi connectivity index (χ1n) is 9.00. The van der Waals surface area contributed by atoms with E-state index >= 15 is 0 Å². The molecule has 0 aliphatic heterocycles. The largest absolute Gasteiger partial charge is 0.490 e. The summed E-state index contributed by atoms with van der Waals surface area (Å²) in [6.07, 6.45) is 0.328. The maximum atomic E-state index is 12.9. The minimum Gasteiger partial charge on any atom is -0.490 e. The van der Waals surface area contributed by atoms with Gasteiger partial charge in [-0.3, -0.25) is 4.79 Å². The Hall–Kier alpha value is -3.34. The summed E-state index contributed by atoms with van der Waals surface area (Å²) in [7, 11) is 0. The topological polar surface area (TPSA) is 55.8 Å². The molecule has 0 fully saturated rings. The van der Waals surface area contributed by atoms with Crippen molar-refractivity contribution in [1.82, 2.24) is 0 Å². The van der Waals surface area contributed by atoms with Crippen LogP contribution in [0, 0.1) is 5.82 Å². The first kappa shape index (κ1) is 19.4. The molecular formula is C23H21FO4. The zero-order valence-corrected chi connectivity index (χ0v) is 15.3. The van der Waals surface area contributed by atoms with Crippen LogP contribution in [0.1, 0.15) is 17.0 Å². The molecule has 0 amide bonds. The molecule has 0 radical (unpaired) electrons. The van der Waals surface area contributed by atoms with Gasteiger partial charge in [0.25, 0.3) is 0 Å². The molecule has 0 saturated carbocycles. The average Bonchev–Trinajstić information content (AvgIpc) is 2.72. The summed E-state index contributed by atoms with van der Waals surface area (Å²) in [6, 6.07) is 22.3. The predicted octanol–water partition coefficient (Wildman–Crippen LogP) is 4.69. The van der Waals surface area contributed by atoms with Gasteiger partial charge in [-0.25, -0.2) is 4.39 Å². The lowest BCUT2D eigenvalue weighted by Gasteiger charge is -2.16. The summed E-state index contributed by atoms with van der Waals surface area (Å²) in [5.74, 6) is -0.647. The second kappa shape index (κ2) is 9.55. The van der Waals surface area contributed by atoms with E-state index < -0.39 is 11.9 Å². The zero-order chi connectivity index (χ0) is 19.8. The summed E-state index contributed by atoms with van der Waals surface area (Å²) in [5, 5.41) is 9.65. The maximum Gasteiger partial charge on any atom is 0.311 e. The first-order chi connectivity index (χ1) is 13.6. The van der Waals surface area contributed by atoms with Gasteiger partial charge in [-0.1, -0.05) is 48.5 Å². The van der Waals surface area contributed by atoms with Crippen LogP contribution in [-0.2, 0) is 11.2 Å². The highest BCUT2D eigenvalue weighted by Gasteiger charge is 2.21. The molecule has 1 N–H and O–H groups in total. The molecule has 0 aliphatic carbocycles. The van der Waals surface area contributed by atoms with Crippen LogP contribution in [-0.4, -0.2) is 24.3 Å². The maximum absolute atomic E-state index is 12.9. The normalized spacial score (nSPS) is 11.6. The lowest BCUT2D eigenvalue weighted by Crippen LogP contribution is -2.16. The predicted molar refractivity (Wildman–Crippen MR) is 104 cm³/mol. The highest BCUT2D eigenvalue weighted by Crippen LogP contribution is 2.27. The number of hydrogen-bond acceptors (Lipinski definition) is 3. The number of rotatable bonds is 9. The lowest BCUT2D eigenvalue weighted by molar-refractivity contribution is -0.138. The van der Waals surface area contributed by atoms with Crippen molar-refractivity contribution in [2.24, 2.45) is 0 Å². The molecular weight excluding hydrogens is 359 g/mol. The molecule has 3 rings (SSSR count). The van der Waals surface area contributed by atoms with Gasteiger partial charge in [0, 0.05) is 0 Å². The molecule has 0 spiro atoms. The summed E-state index contributed by atoms with van der Waals surface area (Å²) in [5.41, 5.74) is 1.57. The lowest BCUT2D eigenvalue weighted by atomic mass is 9.92. The van der Waals surface area contributed by atoms with Crippen LogP contribution in [0.15, 0.2) is 78.9 Å². The fourth-order valence-corrected chi connectivity index (χ4v) is 2.91. The molecule has 1 unspecified atom stereocenters. The summed E-state index contributed by atoms with van der Waals surface area (Å²) in [6.45, 7) is 0.582. The molecule has 1 atom stereocenters. The number of benzene rings is 3. The molecule has 0 bridgehead atoms. The third-order valence-corrected chi connectivity index (χ3v) is 4.32. The number of carboxylic acid groups (broad SMARTS) is 1. The SMILES string of the molecule is O=C(O)C(Cc1ccccc1OCCOc1ccc(F)cc1)c1ccccc1. The molecule has 0 saturated heterocycles. The number of ether oxygens (including phenoxy) is 2. The molecule has 4 nitrogen and oxygen atoms in total. The van der Waals surface area contributed by atoms with Crippen LogP contribution < -0.4 is 9.47 Å². The number of hydrogen-bond donors (Lipinski definition) is 1. The fourth-order valence-electron chi connectivity index (χ4n) is 2.91. The summed E-state index contributed by atoms with van der Waals surface area (Å²) >= 11 is 0. The quantitative estimate of drug-likeness (QED) is 0.547. The van der Waals surface area contributed by atoms with E-state index in [2.05, 4.69) is 0 Å². The van der Waals surface area contributed by atoms with E-state index in [1.165, 1.54) is 12.1 Å². The van der Waals surface area contributed by atoms with Gasteiger partial charge in [0.1, 0.15) is 30.5 Å². The monoisotopic (exact) mass is 380 g/mol. The Morgan fingerprint density at radius 2 is 1.50 bits per heavy atom. The van der Waals surface area contributed by atoms with Crippen LogP contribution >= 0.6 is 0 Å². The van der Waals surface area contributed by atoms with Crippen molar-refractivity contribution in [3.8, 4) is 11.5 Å². The van der Waals surface area contributed by atoms with E-state index in [0.717, 1.165) is 11.1 Å². The molecule has 3 aromatic carbocycles. The fraction of sp³-hybridized carbons (Fsp3) is 0.174. The van der Waals surface area contributed by atoms with Crippen LogP contribution in [0.3, 0.4) is 0 Å². The smallest absolute Gasteiger partial charge is 0.311 e. The second-order valence-electron chi connectivity index (χ2n) is 6.26. The van der Waals surface area contributed by atoms with Gasteiger partial charge in [-0.2, -0.15) is 0 Å². The van der Waals surface area contributed by atoms with E-state index in [-0.39, 0.29) is 12.4 Å². The van der Waals surface area contributed by atoms with Crippen LogP contribution in [0.25, 0.3) is 0 Å². The van der Waals surface area contributed by atoms with Crippen molar-refractivity contribution in [3.05, 3.63) is 95.8 Å². The second-order valence-corrected chi connectivity index (χ2v) is 6.26. The number of para-hydroxylation sites is 1. The highest BCUT2D eigenvalue weighted by molar-refractivity contribution is 5.76. The van der Waals surface area contributed by atoms with Gasteiger partial charge in [-0.05, 0) is 47.9 Å². The third-order valence-electron chi connectivity index (χ3n) is 4.32. The Morgan fingerprint density at radius 3 is 2.21 bits per heavy atom. The molecule has 0 aromatic heterocycles.